The first-order valence-corrected chi connectivity index (χ1v) is 6.75. The van der Waals surface area contributed by atoms with Gasteiger partial charge in [-0.2, -0.15) is 0 Å². The summed E-state index contributed by atoms with van der Waals surface area (Å²) in [4.78, 5) is 16.1. The lowest BCUT2D eigenvalue weighted by Crippen LogP contribution is -2.47. The first kappa shape index (κ1) is 13.1. The van der Waals surface area contributed by atoms with Gasteiger partial charge in [-0.1, -0.05) is 12.8 Å². The number of nitrogens with zero attached hydrogens (tertiary/aromatic N) is 2. The van der Waals surface area contributed by atoms with Crippen LogP contribution in [-0.4, -0.2) is 34.1 Å². The van der Waals surface area contributed by atoms with Crippen LogP contribution in [0.2, 0.25) is 0 Å². The molecule has 0 aromatic carbocycles. The van der Waals surface area contributed by atoms with Crippen LogP contribution in [0.4, 0.5) is 0 Å². The van der Waals surface area contributed by atoms with Crippen molar-refractivity contribution in [2.75, 3.05) is 6.54 Å². The molecular formula is C13H22N4O. The molecule has 1 fully saturated rings. The summed E-state index contributed by atoms with van der Waals surface area (Å²) in [5.74, 6) is 0.129. The smallest absolute Gasteiger partial charge is 0.237 e. The van der Waals surface area contributed by atoms with E-state index in [0.717, 1.165) is 25.9 Å². The average molecular weight is 250 g/mol. The summed E-state index contributed by atoms with van der Waals surface area (Å²) < 4.78 is 1.98. The first-order chi connectivity index (χ1) is 8.75. The molecule has 0 saturated carbocycles. The van der Waals surface area contributed by atoms with Gasteiger partial charge in [0.15, 0.2) is 0 Å². The van der Waals surface area contributed by atoms with E-state index < -0.39 is 0 Å². The third kappa shape index (κ3) is 3.84. The van der Waals surface area contributed by atoms with E-state index in [1.54, 1.807) is 12.5 Å². The molecule has 2 heterocycles. The van der Waals surface area contributed by atoms with Crippen LogP contribution in [0.3, 0.4) is 0 Å². The number of amides is 1. The van der Waals surface area contributed by atoms with Crippen LogP contribution in [0.25, 0.3) is 0 Å². The van der Waals surface area contributed by atoms with Crippen LogP contribution in [0.1, 0.15) is 32.6 Å². The molecule has 1 amide bonds. The number of hydrogen-bond donors (Lipinski definition) is 2. The van der Waals surface area contributed by atoms with Crippen molar-refractivity contribution in [3.63, 3.8) is 0 Å². The minimum atomic E-state index is -0.0160. The Labute approximate surface area is 108 Å². The van der Waals surface area contributed by atoms with Gasteiger partial charge in [-0.25, -0.2) is 4.98 Å². The molecule has 5 nitrogen and oxygen atoms in total. The molecule has 100 valence electrons. The fourth-order valence-corrected chi connectivity index (χ4v) is 2.35. The third-order valence-corrected chi connectivity index (χ3v) is 3.31. The van der Waals surface area contributed by atoms with E-state index in [-0.39, 0.29) is 18.0 Å². The van der Waals surface area contributed by atoms with Crippen LogP contribution < -0.4 is 10.6 Å². The minimum absolute atomic E-state index is 0.0160. The molecule has 2 N–H and O–H groups in total. The molecule has 1 aliphatic rings. The maximum atomic E-state index is 12.1. The predicted octanol–water partition coefficient (Wildman–Crippen LogP) is 0.920. The van der Waals surface area contributed by atoms with Gasteiger partial charge in [0.05, 0.1) is 12.4 Å². The highest BCUT2D eigenvalue weighted by Gasteiger charge is 2.20. The number of carbonyl (C=O) groups excluding carboxylic acids is 1. The number of rotatable bonds is 4. The molecule has 2 unspecified atom stereocenters. The van der Waals surface area contributed by atoms with E-state index >= 15 is 0 Å². The molecule has 0 radical (unpaired) electrons. The highest BCUT2D eigenvalue weighted by molar-refractivity contribution is 5.81. The van der Waals surface area contributed by atoms with Crippen LogP contribution >= 0.6 is 0 Å². The molecule has 1 aliphatic heterocycles. The van der Waals surface area contributed by atoms with Crippen LogP contribution in [0, 0.1) is 0 Å². The van der Waals surface area contributed by atoms with E-state index in [4.69, 9.17) is 0 Å². The van der Waals surface area contributed by atoms with Crippen LogP contribution in [-0.2, 0) is 11.3 Å². The van der Waals surface area contributed by atoms with E-state index in [2.05, 4.69) is 15.6 Å². The number of imidazole rings is 1. The van der Waals surface area contributed by atoms with Crippen molar-refractivity contribution in [2.45, 2.75) is 51.2 Å². The predicted molar refractivity (Wildman–Crippen MR) is 70.1 cm³/mol. The van der Waals surface area contributed by atoms with Gasteiger partial charge < -0.3 is 15.2 Å². The summed E-state index contributed by atoms with van der Waals surface area (Å²) in [6.45, 7) is 3.74. The maximum Gasteiger partial charge on any atom is 0.237 e. The standard InChI is InChI=1S/C13H22N4O/c1-11(9-17-8-7-14-10-17)16-13(18)12-5-3-2-4-6-15-12/h7-8,10-12,15H,2-6,9H2,1H3,(H,16,18). The van der Waals surface area contributed by atoms with Gasteiger partial charge in [-0.05, 0) is 26.3 Å². The maximum absolute atomic E-state index is 12.1. The van der Waals surface area contributed by atoms with E-state index in [9.17, 15) is 4.79 Å². The highest BCUT2D eigenvalue weighted by atomic mass is 16.2. The summed E-state index contributed by atoms with van der Waals surface area (Å²) in [5.41, 5.74) is 0. The Bertz CT molecular complexity index is 355. The molecule has 2 atom stereocenters. The largest absolute Gasteiger partial charge is 0.350 e. The van der Waals surface area contributed by atoms with Gasteiger partial charge >= 0.3 is 0 Å². The Hall–Kier alpha value is -1.36. The molecule has 18 heavy (non-hydrogen) atoms. The van der Waals surface area contributed by atoms with Gasteiger partial charge in [0.25, 0.3) is 0 Å². The topological polar surface area (TPSA) is 59.0 Å². The van der Waals surface area contributed by atoms with E-state index in [1.807, 2.05) is 17.7 Å². The molecule has 2 rings (SSSR count). The van der Waals surface area contributed by atoms with Crippen molar-refractivity contribution in [3.05, 3.63) is 18.7 Å². The van der Waals surface area contributed by atoms with Crippen molar-refractivity contribution in [1.82, 2.24) is 20.2 Å². The lowest BCUT2D eigenvalue weighted by Gasteiger charge is -2.20. The lowest BCUT2D eigenvalue weighted by atomic mass is 10.1. The second-order valence-corrected chi connectivity index (χ2v) is 5.03. The average Bonchev–Trinajstić information content (AvgIpc) is 2.68. The van der Waals surface area contributed by atoms with Gasteiger partial charge in [0, 0.05) is 25.0 Å². The Morgan fingerprint density at radius 2 is 2.44 bits per heavy atom. The highest BCUT2D eigenvalue weighted by Crippen LogP contribution is 2.08. The molecular weight excluding hydrogens is 228 g/mol. The van der Waals surface area contributed by atoms with Crippen LogP contribution in [0.5, 0.6) is 0 Å². The monoisotopic (exact) mass is 250 g/mol. The third-order valence-electron chi connectivity index (χ3n) is 3.31. The summed E-state index contributed by atoms with van der Waals surface area (Å²) in [6, 6.07) is 0.106. The Morgan fingerprint density at radius 1 is 1.56 bits per heavy atom. The Kier molecular flexibility index (Phi) is 4.75. The SMILES string of the molecule is CC(Cn1ccnc1)NC(=O)C1CCCCCN1. The van der Waals surface area contributed by atoms with Gasteiger partial charge in [-0.15, -0.1) is 0 Å². The van der Waals surface area contributed by atoms with Crippen LogP contribution in [0.15, 0.2) is 18.7 Å². The van der Waals surface area contributed by atoms with E-state index in [0.29, 0.717) is 0 Å². The van der Waals surface area contributed by atoms with Crippen molar-refractivity contribution in [2.24, 2.45) is 0 Å². The number of aromatic nitrogens is 2. The Morgan fingerprint density at radius 3 is 3.22 bits per heavy atom. The summed E-state index contributed by atoms with van der Waals surface area (Å²) >= 11 is 0. The van der Waals surface area contributed by atoms with Crippen molar-refractivity contribution in [1.29, 1.82) is 0 Å². The molecule has 5 heteroatoms. The zero-order valence-electron chi connectivity index (χ0n) is 10.9. The quantitative estimate of drug-likeness (QED) is 0.835. The number of nitrogens with one attached hydrogen (secondary N) is 2. The fraction of sp³-hybridized carbons (Fsp3) is 0.692. The van der Waals surface area contributed by atoms with E-state index in [1.165, 1.54) is 12.8 Å². The van der Waals surface area contributed by atoms with Gasteiger partial charge in [0.2, 0.25) is 5.91 Å². The minimum Gasteiger partial charge on any atom is -0.350 e. The molecule has 1 aromatic rings. The van der Waals surface area contributed by atoms with Gasteiger partial charge in [-0.3, -0.25) is 4.79 Å². The normalized spacial score (nSPS) is 22.2. The molecule has 1 saturated heterocycles. The zero-order valence-corrected chi connectivity index (χ0v) is 10.9. The number of hydrogen-bond acceptors (Lipinski definition) is 3. The molecule has 0 bridgehead atoms. The Balaban J connectivity index is 1.78. The lowest BCUT2D eigenvalue weighted by molar-refractivity contribution is -0.123. The second-order valence-electron chi connectivity index (χ2n) is 5.03. The zero-order chi connectivity index (χ0) is 12.8. The fourth-order valence-electron chi connectivity index (χ4n) is 2.35. The molecule has 0 spiro atoms. The van der Waals surface area contributed by atoms with Crippen molar-refractivity contribution >= 4 is 5.91 Å². The summed E-state index contributed by atoms with van der Waals surface area (Å²) in [5, 5.41) is 6.38. The number of carbonyl (C=O) groups is 1. The van der Waals surface area contributed by atoms with Crippen molar-refractivity contribution in [3.8, 4) is 0 Å². The second kappa shape index (κ2) is 6.54. The molecule has 0 aliphatic carbocycles. The summed E-state index contributed by atoms with van der Waals surface area (Å²) in [6.07, 6.45) is 9.92. The van der Waals surface area contributed by atoms with Crippen molar-refractivity contribution < 1.29 is 4.79 Å². The molecule has 1 aromatic heterocycles. The first-order valence-electron chi connectivity index (χ1n) is 6.75. The van der Waals surface area contributed by atoms with Gasteiger partial charge in [0.1, 0.15) is 0 Å². The summed E-state index contributed by atoms with van der Waals surface area (Å²) in [7, 11) is 0.